The zero-order chi connectivity index (χ0) is 19.0. The Kier molecular flexibility index (Phi) is 4.57. The maximum atomic E-state index is 12.3. The van der Waals surface area contributed by atoms with E-state index in [4.69, 9.17) is 0 Å². The number of rotatable bonds is 4. The molecule has 8 heteroatoms. The highest BCUT2D eigenvalue weighted by Gasteiger charge is 2.25. The molecule has 1 aliphatic heterocycles. The Morgan fingerprint density at radius 2 is 1.96 bits per heavy atom. The standard InChI is InChI=1S/C19H24N6O2/c1-3-23-11-14(18(26)22-19(23)27)13(2)24-7-9-25(10-8-24)16-6-4-5-15-17(16)21-12-20-15/h4-6,11-13H,3,7-10H2,1-2H3,(H,20,21)(H,22,26,27)/t13-/m0/s1. The number of anilines is 1. The number of hydrogen-bond donors (Lipinski definition) is 2. The summed E-state index contributed by atoms with van der Waals surface area (Å²) in [5.41, 5.74) is 3.16. The van der Waals surface area contributed by atoms with E-state index >= 15 is 0 Å². The lowest BCUT2D eigenvalue weighted by atomic mass is 10.1. The first-order chi connectivity index (χ1) is 13.1. The van der Waals surface area contributed by atoms with Crippen LogP contribution in [0.3, 0.4) is 0 Å². The highest BCUT2D eigenvalue weighted by atomic mass is 16.2. The van der Waals surface area contributed by atoms with Gasteiger partial charge >= 0.3 is 5.69 Å². The molecule has 0 unspecified atom stereocenters. The minimum absolute atomic E-state index is 0.0459. The molecule has 3 aromatic rings. The molecule has 1 atom stereocenters. The summed E-state index contributed by atoms with van der Waals surface area (Å²) in [5, 5.41) is 0. The SMILES string of the molecule is CCn1cc([C@H](C)N2CCN(c3cccc4[nH]cnc34)CC2)c(=O)[nH]c1=O. The van der Waals surface area contributed by atoms with Crippen LogP contribution in [0.2, 0.25) is 0 Å². The summed E-state index contributed by atoms with van der Waals surface area (Å²) in [6, 6.07) is 6.12. The molecule has 4 rings (SSSR count). The lowest BCUT2D eigenvalue weighted by Crippen LogP contribution is -2.48. The van der Waals surface area contributed by atoms with E-state index < -0.39 is 0 Å². The Hall–Kier alpha value is -2.87. The monoisotopic (exact) mass is 368 g/mol. The molecular formula is C19H24N6O2. The van der Waals surface area contributed by atoms with Crippen LogP contribution >= 0.6 is 0 Å². The molecular weight excluding hydrogens is 344 g/mol. The van der Waals surface area contributed by atoms with Gasteiger partial charge in [-0.15, -0.1) is 0 Å². The summed E-state index contributed by atoms with van der Waals surface area (Å²) in [5.74, 6) is 0. The molecule has 0 bridgehead atoms. The summed E-state index contributed by atoms with van der Waals surface area (Å²) in [6.07, 6.45) is 3.42. The van der Waals surface area contributed by atoms with Gasteiger partial charge in [-0.2, -0.15) is 0 Å². The van der Waals surface area contributed by atoms with Crippen LogP contribution in [0.4, 0.5) is 5.69 Å². The van der Waals surface area contributed by atoms with Crippen molar-refractivity contribution in [1.82, 2.24) is 24.4 Å². The Bertz CT molecular complexity index is 1060. The maximum Gasteiger partial charge on any atom is 0.328 e. The molecule has 0 aliphatic carbocycles. The van der Waals surface area contributed by atoms with Crippen molar-refractivity contribution < 1.29 is 0 Å². The number of nitrogens with zero attached hydrogens (tertiary/aromatic N) is 4. The van der Waals surface area contributed by atoms with Gasteiger partial charge in [0.25, 0.3) is 5.56 Å². The second-order valence-electron chi connectivity index (χ2n) is 6.90. The van der Waals surface area contributed by atoms with E-state index in [1.807, 2.05) is 26.0 Å². The number of H-pyrrole nitrogens is 2. The smallest absolute Gasteiger partial charge is 0.328 e. The third kappa shape index (κ3) is 3.16. The summed E-state index contributed by atoms with van der Waals surface area (Å²) in [6.45, 7) is 7.86. The van der Waals surface area contributed by atoms with Crippen molar-refractivity contribution in [2.75, 3.05) is 31.1 Å². The van der Waals surface area contributed by atoms with Gasteiger partial charge in [-0.25, -0.2) is 9.78 Å². The van der Waals surface area contributed by atoms with Gasteiger partial charge in [0.2, 0.25) is 0 Å². The van der Waals surface area contributed by atoms with Gasteiger partial charge in [0.1, 0.15) is 5.52 Å². The number of aryl methyl sites for hydroxylation is 1. The summed E-state index contributed by atoms with van der Waals surface area (Å²) < 4.78 is 1.54. The van der Waals surface area contributed by atoms with Gasteiger partial charge in [0.15, 0.2) is 0 Å². The molecule has 3 heterocycles. The van der Waals surface area contributed by atoms with Gasteiger partial charge in [-0.3, -0.25) is 14.7 Å². The lowest BCUT2D eigenvalue weighted by Gasteiger charge is -2.39. The molecule has 1 fully saturated rings. The van der Waals surface area contributed by atoms with Gasteiger partial charge in [-0.05, 0) is 26.0 Å². The molecule has 1 aromatic carbocycles. The average Bonchev–Trinajstić information content (AvgIpc) is 3.17. The molecule has 0 saturated carbocycles. The van der Waals surface area contributed by atoms with E-state index in [0.29, 0.717) is 12.1 Å². The number of imidazole rings is 1. The fourth-order valence-corrected chi connectivity index (χ4v) is 3.81. The number of fused-ring (bicyclic) bond motifs is 1. The first-order valence-corrected chi connectivity index (χ1v) is 9.33. The minimum atomic E-state index is -0.352. The van der Waals surface area contributed by atoms with Crippen LogP contribution < -0.4 is 16.1 Å². The van der Waals surface area contributed by atoms with Crippen molar-refractivity contribution in [3.05, 3.63) is 57.1 Å². The highest BCUT2D eigenvalue weighted by molar-refractivity contribution is 5.88. The number of nitrogens with one attached hydrogen (secondary N) is 2. The summed E-state index contributed by atoms with van der Waals surface area (Å²) in [7, 11) is 0. The van der Waals surface area contributed by atoms with Crippen molar-refractivity contribution >= 4 is 16.7 Å². The number of aromatic nitrogens is 4. The van der Waals surface area contributed by atoms with E-state index in [2.05, 4.69) is 30.8 Å². The summed E-state index contributed by atoms with van der Waals surface area (Å²) in [4.78, 5) is 38.7. The van der Waals surface area contributed by atoms with Crippen molar-refractivity contribution in [3.63, 3.8) is 0 Å². The summed E-state index contributed by atoms with van der Waals surface area (Å²) >= 11 is 0. The van der Waals surface area contributed by atoms with Gasteiger partial charge in [0, 0.05) is 45.0 Å². The molecule has 0 amide bonds. The van der Waals surface area contributed by atoms with E-state index in [1.54, 1.807) is 17.1 Å². The molecule has 142 valence electrons. The number of para-hydroxylation sites is 1. The molecule has 1 aliphatic rings. The Morgan fingerprint density at radius 1 is 1.19 bits per heavy atom. The van der Waals surface area contributed by atoms with Crippen LogP contribution in [0.25, 0.3) is 11.0 Å². The van der Waals surface area contributed by atoms with E-state index in [1.165, 1.54) is 0 Å². The normalized spacial score (nSPS) is 16.7. The number of benzene rings is 1. The second-order valence-corrected chi connectivity index (χ2v) is 6.90. The van der Waals surface area contributed by atoms with Crippen LogP contribution in [0.5, 0.6) is 0 Å². The van der Waals surface area contributed by atoms with Gasteiger partial charge in [0.05, 0.1) is 23.1 Å². The van der Waals surface area contributed by atoms with Crippen LogP contribution in [0.1, 0.15) is 25.5 Å². The Morgan fingerprint density at radius 3 is 2.70 bits per heavy atom. The van der Waals surface area contributed by atoms with Crippen molar-refractivity contribution in [1.29, 1.82) is 0 Å². The molecule has 8 nitrogen and oxygen atoms in total. The quantitative estimate of drug-likeness (QED) is 0.725. The number of hydrogen-bond acceptors (Lipinski definition) is 5. The fraction of sp³-hybridized carbons (Fsp3) is 0.421. The fourth-order valence-electron chi connectivity index (χ4n) is 3.81. The maximum absolute atomic E-state index is 12.3. The van der Waals surface area contributed by atoms with Crippen LogP contribution in [-0.4, -0.2) is 50.6 Å². The predicted molar refractivity (Wildman–Crippen MR) is 105 cm³/mol. The van der Waals surface area contributed by atoms with Crippen molar-refractivity contribution in [2.24, 2.45) is 0 Å². The molecule has 0 radical (unpaired) electrons. The average molecular weight is 368 g/mol. The molecule has 2 aromatic heterocycles. The number of piperazine rings is 1. The molecule has 2 N–H and O–H groups in total. The van der Waals surface area contributed by atoms with Gasteiger partial charge < -0.3 is 14.5 Å². The first-order valence-electron chi connectivity index (χ1n) is 9.33. The highest BCUT2D eigenvalue weighted by Crippen LogP contribution is 2.26. The minimum Gasteiger partial charge on any atom is -0.367 e. The third-order valence-corrected chi connectivity index (χ3v) is 5.46. The van der Waals surface area contributed by atoms with E-state index in [0.717, 1.165) is 42.9 Å². The van der Waals surface area contributed by atoms with Gasteiger partial charge in [-0.1, -0.05) is 6.07 Å². The molecule has 1 saturated heterocycles. The van der Waals surface area contributed by atoms with Crippen molar-refractivity contribution in [3.8, 4) is 0 Å². The first kappa shape index (κ1) is 17.5. The zero-order valence-corrected chi connectivity index (χ0v) is 15.6. The topological polar surface area (TPSA) is 90.0 Å². The van der Waals surface area contributed by atoms with Crippen LogP contribution in [0.15, 0.2) is 40.3 Å². The number of aromatic amines is 2. The van der Waals surface area contributed by atoms with Crippen molar-refractivity contribution in [2.45, 2.75) is 26.4 Å². The lowest BCUT2D eigenvalue weighted by molar-refractivity contribution is 0.196. The second kappa shape index (κ2) is 7.03. The molecule has 0 spiro atoms. The van der Waals surface area contributed by atoms with E-state index in [9.17, 15) is 9.59 Å². The Labute approximate surface area is 156 Å². The van der Waals surface area contributed by atoms with Crippen LogP contribution in [0, 0.1) is 0 Å². The van der Waals surface area contributed by atoms with Crippen LogP contribution in [-0.2, 0) is 6.54 Å². The Balaban J connectivity index is 1.52. The third-order valence-electron chi connectivity index (χ3n) is 5.46. The zero-order valence-electron chi connectivity index (χ0n) is 15.6. The largest absolute Gasteiger partial charge is 0.367 e. The molecule has 27 heavy (non-hydrogen) atoms. The van der Waals surface area contributed by atoms with E-state index in [-0.39, 0.29) is 17.3 Å². The predicted octanol–water partition coefficient (Wildman–Crippen LogP) is 1.32.